The molecule has 1 saturated carbocycles. The maximum Gasteiger partial charge on any atom is 0.0914 e. The maximum absolute atomic E-state index is 10.6. The molecule has 0 bridgehead atoms. The minimum atomic E-state index is -0.286. The van der Waals surface area contributed by atoms with E-state index in [1.807, 2.05) is 0 Å². The molecule has 0 radical (unpaired) electrons. The summed E-state index contributed by atoms with van der Waals surface area (Å²) < 4.78 is 6.05. The molecular formula is C15H22O2S. The third kappa shape index (κ3) is 2.24. The van der Waals surface area contributed by atoms with Crippen molar-refractivity contribution in [1.82, 2.24) is 0 Å². The van der Waals surface area contributed by atoms with Gasteiger partial charge < -0.3 is 9.84 Å². The van der Waals surface area contributed by atoms with Crippen molar-refractivity contribution in [1.29, 1.82) is 0 Å². The Balaban J connectivity index is 1.74. The molecule has 1 saturated heterocycles. The average molecular weight is 266 g/mol. The molecule has 18 heavy (non-hydrogen) atoms. The Morgan fingerprint density at radius 1 is 1.44 bits per heavy atom. The Bertz CT molecular complexity index is 406. The summed E-state index contributed by atoms with van der Waals surface area (Å²) in [5, 5.41) is 12.7. The van der Waals surface area contributed by atoms with Crippen LogP contribution in [0.3, 0.4) is 0 Å². The predicted molar refractivity (Wildman–Crippen MR) is 73.9 cm³/mol. The van der Waals surface area contributed by atoms with Crippen molar-refractivity contribution >= 4 is 11.3 Å². The fourth-order valence-electron chi connectivity index (χ4n) is 3.60. The highest BCUT2D eigenvalue weighted by molar-refractivity contribution is 7.10. The van der Waals surface area contributed by atoms with Crippen LogP contribution in [0.2, 0.25) is 0 Å². The minimum Gasteiger partial charge on any atom is -0.387 e. The van der Waals surface area contributed by atoms with E-state index < -0.39 is 0 Å². The Morgan fingerprint density at radius 2 is 2.22 bits per heavy atom. The van der Waals surface area contributed by atoms with Crippen molar-refractivity contribution in [2.24, 2.45) is 5.92 Å². The molecule has 1 aliphatic heterocycles. The van der Waals surface area contributed by atoms with E-state index in [1.54, 1.807) is 11.3 Å². The zero-order valence-electron chi connectivity index (χ0n) is 11.0. The fourth-order valence-corrected chi connectivity index (χ4v) is 4.61. The molecule has 1 N–H and O–H groups in total. The molecule has 100 valence electrons. The number of aliphatic hydroxyl groups is 1. The van der Waals surface area contributed by atoms with Crippen LogP contribution in [0.5, 0.6) is 0 Å². The van der Waals surface area contributed by atoms with Gasteiger partial charge in [0.2, 0.25) is 0 Å². The van der Waals surface area contributed by atoms with E-state index in [4.69, 9.17) is 4.74 Å². The molecule has 2 fully saturated rings. The zero-order chi connectivity index (χ0) is 12.6. The maximum atomic E-state index is 10.6. The topological polar surface area (TPSA) is 29.5 Å². The standard InChI is InChI=1S/C15H22O2S/c1-11-5-9-18-14(11)13(16)12-4-8-17-15(10-12)6-2-3-7-15/h5,9,12-13,16H,2-4,6-8,10H2,1H3. The predicted octanol–water partition coefficient (Wildman–Crippen LogP) is 3.83. The van der Waals surface area contributed by atoms with Gasteiger partial charge in [0.05, 0.1) is 11.7 Å². The third-order valence-corrected chi connectivity index (χ3v) is 5.75. The van der Waals surface area contributed by atoms with Gasteiger partial charge in [-0.3, -0.25) is 0 Å². The van der Waals surface area contributed by atoms with E-state index in [0.29, 0.717) is 5.92 Å². The number of aryl methyl sites for hydroxylation is 1. The fraction of sp³-hybridized carbons (Fsp3) is 0.733. The highest BCUT2D eigenvalue weighted by Gasteiger charge is 2.42. The van der Waals surface area contributed by atoms with Crippen molar-refractivity contribution in [3.05, 3.63) is 21.9 Å². The van der Waals surface area contributed by atoms with E-state index in [2.05, 4.69) is 18.4 Å². The van der Waals surface area contributed by atoms with Gasteiger partial charge in [0, 0.05) is 11.5 Å². The molecule has 2 unspecified atom stereocenters. The summed E-state index contributed by atoms with van der Waals surface area (Å²) in [4.78, 5) is 1.16. The van der Waals surface area contributed by atoms with Crippen LogP contribution in [0.15, 0.2) is 11.4 Å². The van der Waals surface area contributed by atoms with Gasteiger partial charge in [0.1, 0.15) is 0 Å². The van der Waals surface area contributed by atoms with Crippen molar-refractivity contribution in [2.45, 2.75) is 57.2 Å². The largest absolute Gasteiger partial charge is 0.387 e. The van der Waals surface area contributed by atoms with Gasteiger partial charge in [-0.25, -0.2) is 0 Å². The quantitative estimate of drug-likeness (QED) is 0.881. The van der Waals surface area contributed by atoms with E-state index in [-0.39, 0.29) is 11.7 Å². The van der Waals surface area contributed by atoms with Crippen molar-refractivity contribution in [3.8, 4) is 0 Å². The third-order valence-electron chi connectivity index (χ3n) is 4.66. The van der Waals surface area contributed by atoms with Gasteiger partial charge in [-0.05, 0) is 55.5 Å². The highest BCUT2D eigenvalue weighted by atomic mass is 32.1. The van der Waals surface area contributed by atoms with Gasteiger partial charge >= 0.3 is 0 Å². The lowest BCUT2D eigenvalue weighted by Gasteiger charge is -2.40. The number of hydrogen-bond acceptors (Lipinski definition) is 3. The van der Waals surface area contributed by atoms with Crippen LogP contribution in [0.25, 0.3) is 0 Å². The van der Waals surface area contributed by atoms with Gasteiger partial charge in [-0.2, -0.15) is 0 Å². The normalized spacial score (nSPS) is 28.7. The van der Waals surface area contributed by atoms with E-state index in [0.717, 1.165) is 24.3 Å². The van der Waals surface area contributed by atoms with E-state index in [1.165, 1.54) is 31.2 Å². The van der Waals surface area contributed by atoms with Crippen LogP contribution in [0, 0.1) is 12.8 Å². The van der Waals surface area contributed by atoms with Gasteiger partial charge in [0.15, 0.2) is 0 Å². The molecule has 2 atom stereocenters. The monoisotopic (exact) mass is 266 g/mol. The summed E-state index contributed by atoms with van der Waals surface area (Å²) in [6.07, 6.45) is 6.73. The first-order valence-corrected chi connectivity index (χ1v) is 7.94. The molecule has 3 rings (SSSR count). The molecule has 1 aromatic rings. The molecule has 2 aliphatic rings. The SMILES string of the molecule is Cc1ccsc1C(O)C1CCOC2(CCCC2)C1. The molecule has 1 aromatic heterocycles. The first kappa shape index (κ1) is 12.6. The molecule has 1 aliphatic carbocycles. The lowest BCUT2D eigenvalue weighted by molar-refractivity contribution is -0.113. The smallest absolute Gasteiger partial charge is 0.0914 e. The van der Waals surface area contributed by atoms with Crippen LogP contribution >= 0.6 is 11.3 Å². The Kier molecular flexibility index (Phi) is 3.48. The summed E-state index contributed by atoms with van der Waals surface area (Å²) in [6, 6.07) is 2.11. The first-order valence-electron chi connectivity index (χ1n) is 7.06. The van der Waals surface area contributed by atoms with E-state index in [9.17, 15) is 5.11 Å². The Labute approximate surface area is 113 Å². The molecule has 1 spiro atoms. The molecular weight excluding hydrogens is 244 g/mol. The number of aliphatic hydroxyl groups excluding tert-OH is 1. The lowest BCUT2D eigenvalue weighted by Crippen LogP contribution is -2.39. The number of rotatable bonds is 2. The molecule has 3 heteroatoms. The molecule has 2 heterocycles. The van der Waals surface area contributed by atoms with Gasteiger partial charge in [0.25, 0.3) is 0 Å². The highest BCUT2D eigenvalue weighted by Crippen LogP contribution is 2.46. The Morgan fingerprint density at radius 3 is 2.89 bits per heavy atom. The summed E-state index contributed by atoms with van der Waals surface area (Å²) in [5.74, 6) is 0.384. The summed E-state index contributed by atoms with van der Waals surface area (Å²) >= 11 is 1.69. The second-order valence-corrected chi connectivity index (χ2v) is 6.85. The second kappa shape index (κ2) is 4.95. The number of hydrogen-bond donors (Lipinski definition) is 1. The summed E-state index contributed by atoms with van der Waals surface area (Å²) in [6.45, 7) is 2.92. The molecule has 0 aromatic carbocycles. The van der Waals surface area contributed by atoms with Crippen molar-refractivity contribution < 1.29 is 9.84 Å². The average Bonchev–Trinajstić information content (AvgIpc) is 2.98. The van der Waals surface area contributed by atoms with Crippen LogP contribution < -0.4 is 0 Å². The summed E-state index contributed by atoms with van der Waals surface area (Å²) in [5.41, 5.74) is 1.34. The van der Waals surface area contributed by atoms with Crippen LogP contribution in [-0.2, 0) is 4.74 Å². The Hall–Kier alpha value is -0.380. The minimum absolute atomic E-state index is 0.106. The lowest BCUT2D eigenvalue weighted by atomic mass is 9.81. The molecule has 0 amide bonds. The van der Waals surface area contributed by atoms with Crippen LogP contribution in [-0.4, -0.2) is 17.3 Å². The second-order valence-electron chi connectivity index (χ2n) is 5.90. The van der Waals surface area contributed by atoms with E-state index >= 15 is 0 Å². The van der Waals surface area contributed by atoms with Crippen LogP contribution in [0.1, 0.15) is 55.1 Å². The van der Waals surface area contributed by atoms with Crippen molar-refractivity contribution in [2.75, 3.05) is 6.61 Å². The molecule has 2 nitrogen and oxygen atoms in total. The zero-order valence-corrected chi connectivity index (χ0v) is 11.8. The van der Waals surface area contributed by atoms with Gasteiger partial charge in [-0.15, -0.1) is 11.3 Å². The number of ether oxygens (including phenoxy) is 1. The number of thiophene rings is 1. The van der Waals surface area contributed by atoms with Gasteiger partial charge in [-0.1, -0.05) is 12.8 Å². The first-order chi connectivity index (χ1) is 8.70. The van der Waals surface area contributed by atoms with Crippen LogP contribution in [0.4, 0.5) is 0 Å². The van der Waals surface area contributed by atoms with Crippen molar-refractivity contribution in [3.63, 3.8) is 0 Å². The summed E-state index contributed by atoms with van der Waals surface area (Å²) in [7, 11) is 0.